The SMILES string of the molecule is O=C(N1CC(C2CC2)C1)C(F)(F)F. The molecule has 1 saturated heterocycles. The molecule has 0 atom stereocenters. The molecule has 0 radical (unpaired) electrons. The van der Waals surface area contributed by atoms with E-state index in [2.05, 4.69) is 0 Å². The second kappa shape index (κ2) is 2.62. The van der Waals surface area contributed by atoms with E-state index >= 15 is 0 Å². The molecule has 0 unspecified atom stereocenters. The number of nitrogens with zero attached hydrogens (tertiary/aromatic N) is 1. The van der Waals surface area contributed by atoms with E-state index in [4.69, 9.17) is 0 Å². The zero-order valence-corrected chi connectivity index (χ0v) is 6.97. The van der Waals surface area contributed by atoms with Gasteiger partial charge in [0.1, 0.15) is 0 Å². The summed E-state index contributed by atoms with van der Waals surface area (Å²) in [5.41, 5.74) is 0. The predicted octanol–water partition coefficient (Wildman–Crippen LogP) is 1.42. The van der Waals surface area contributed by atoms with Crippen molar-refractivity contribution in [1.82, 2.24) is 4.90 Å². The van der Waals surface area contributed by atoms with E-state index in [0.29, 0.717) is 24.9 Å². The third kappa shape index (κ3) is 1.64. The van der Waals surface area contributed by atoms with Crippen LogP contribution in [0.4, 0.5) is 13.2 Å². The lowest BCUT2D eigenvalue weighted by atomic mass is 9.95. The Bertz CT molecular complexity index is 228. The quantitative estimate of drug-likeness (QED) is 0.616. The summed E-state index contributed by atoms with van der Waals surface area (Å²) in [6.07, 6.45) is -2.44. The molecule has 74 valence electrons. The normalized spacial score (nSPS) is 24.4. The van der Waals surface area contributed by atoms with Gasteiger partial charge in [-0.25, -0.2) is 0 Å². The zero-order chi connectivity index (χ0) is 9.64. The van der Waals surface area contributed by atoms with Crippen LogP contribution >= 0.6 is 0 Å². The summed E-state index contributed by atoms with van der Waals surface area (Å²) in [7, 11) is 0. The third-order valence-electron chi connectivity index (χ3n) is 2.73. The van der Waals surface area contributed by atoms with Crippen LogP contribution < -0.4 is 0 Å². The van der Waals surface area contributed by atoms with Gasteiger partial charge in [0.15, 0.2) is 0 Å². The molecule has 0 aromatic heterocycles. The summed E-state index contributed by atoms with van der Waals surface area (Å²) in [4.78, 5) is 11.5. The Balaban J connectivity index is 1.82. The largest absolute Gasteiger partial charge is 0.471 e. The van der Waals surface area contributed by atoms with E-state index in [1.807, 2.05) is 0 Å². The van der Waals surface area contributed by atoms with Crippen molar-refractivity contribution < 1.29 is 18.0 Å². The van der Waals surface area contributed by atoms with E-state index < -0.39 is 12.1 Å². The molecule has 1 amide bonds. The minimum absolute atomic E-state index is 0.309. The minimum atomic E-state index is -4.69. The van der Waals surface area contributed by atoms with Gasteiger partial charge in [0.25, 0.3) is 0 Å². The fourth-order valence-electron chi connectivity index (χ4n) is 1.72. The average Bonchev–Trinajstić information content (AvgIpc) is 2.65. The highest BCUT2D eigenvalue weighted by Crippen LogP contribution is 2.42. The molecule has 1 aliphatic carbocycles. The Labute approximate surface area is 73.7 Å². The van der Waals surface area contributed by atoms with E-state index in [-0.39, 0.29) is 0 Å². The van der Waals surface area contributed by atoms with Crippen molar-refractivity contribution in [3.8, 4) is 0 Å². The predicted molar refractivity (Wildman–Crippen MR) is 38.8 cm³/mol. The standard InChI is InChI=1S/C8H10F3NO/c9-8(10,11)7(13)12-3-6(4-12)5-1-2-5/h5-6H,1-4H2. The second-order valence-corrected chi connectivity index (χ2v) is 3.81. The summed E-state index contributed by atoms with van der Waals surface area (Å²) in [6, 6.07) is 0. The molecule has 1 saturated carbocycles. The molecule has 0 aromatic rings. The van der Waals surface area contributed by atoms with Gasteiger partial charge < -0.3 is 4.90 Å². The van der Waals surface area contributed by atoms with Gasteiger partial charge in [0.2, 0.25) is 0 Å². The minimum Gasteiger partial charge on any atom is -0.334 e. The number of rotatable bonds is 1. The summed E-state index contributed by atoms with van der Waals surface area (Å²) in [6.45, 7) is 0.617. The lowest BCUT2D eigenvalue weighted by Crippen LogP contribution is -2.55. The van der Waals surface area contributed by atoms with Crippen molar-refractivity contribution >= 4 is 5.91 Å². The van der Waals surface area contributed by atoms with Crippen LogP contribution in [0.1, 0.15) is 12.8 Å². The molecule has 1 aliphatic heterocycles. The second-order valence-electron chi connectivity index (χ2n) is 3.81. The number of hydrogen-bond donors (Lipinski definition) is 0. The van der Waals surface area contributed by atoms with Gasteiger partial charge in [0, 0.05) is 13.1 Å². The molecular weight excluding hydrogens is 183 g/mol. The van der Waals surface area contributed by atoms with Crippen molar-refractivity contribution in [1.29, 1.82) is 0 Å². The first-order chi connectivity index (χ1) is 5.98. The number of carbonyl (C=O) groups excluding carboxylic acids is 1. The van der Waals surface area contributed by atoms with E-state index in [9.17, 15) is 18.0 Å². The van der Waals surface area contributed by atoms with Gasteiger partial charge in [-0.05, 0) is 24.7 Å². The molecule has 0 N–H and O–H groups in total. The van der Waals surface area contributed by atoms with Gasteiger partial charge in [-0.3, -0.25) is 4.79 Å². The summed E-state index contributed by atoms with van der Waals surface area (Å²) < 4.78 is 35.6. The number of alkyl halides is 3. The molecular formula is C8H10F3NO. The van der Waals surface area contributed by atoms with Gasteiger partial charge >= 0.3 is 12.1 Å². The lowest BCUT2D eigenvalue weighted by Gasteiger charge is -2.39. The molecule has 0 spiro atoms. The third-order valence-corrected chi connectivity index (χ3v) is 2.73. The molecule has 5 heteroatoms. The van der Waals surface area contributed by atoms with Crippen molar-refractivity contribution in [3.63, 3.8) is 0 Å². The Morgan fingerprint density at radius 1 is 1.15 bits per heavy atom. The van der Waals surface area contributed by atoms with Gasteiger partial charge in [-0.1, -0.05) is 0 Å². The molecule has 2 fully saturated rings. The molecule has 2 nitrogen and oxygen atoms in total. The van der Waals surface area contributed by atoms with Crippen LogP contribution in [-0.4, -0.2) is 30.1 Å². The van der Waals surface area contributed by atoms with E-state index in [1.54, 1.807) is 0 Å². The van der Waals surface area contributed by atoms with Crippen molar-refractivity contribution in [2.45, 2.75) is 19.0 Å². The Hall–Kier alpha value is -0.740. The highest BCUT2D eigenvalue weighted by Gasteiger charge is 2.49. The van der Waals surface area contributed by atoms with Crippen LogP contribution in [0.5, 0.6) is 0 Å². The number of likely N-dealkylation sites (tertiary alicyclic amines) is 1. The number of amides is 1. The van der Waals surface area contributed by atoms with E-state index in [1.165, 1.54) is 0 Å². The van der Waals surface area contributed by atoms with Gasteiger partial charge in [-0.15, -0.1) is 0 Å². The van der Waals surface area contributed by atoms with Crippen molar-refractivity contribution in [2.75, 3.05) is 13.1 Å². The fraction of sp³-hybridized carbons (Fsp3) is 0.875. The number of halogens is 3. The monoisotopic (exact) mass is 193 g/mol. The smallest absolute Gasteiger partial charge is 0.334 e. The molecule has 0 aromatic carbocycles. The Kier molecular flexibility index (Phi) is 1.78. The highest BCUT2D eigenvalue weighted by atomic mass is 19.4. The highest BCUT2D eigenvalue weighted by molar-refractivity contribution is 5.82. The Morgan fingerprint density at radius 2 is 1.69 bits per heavy atom. The first-order valence-electron chi connectivity index (χ1n) is 4.34. The van der Waals surface area contributed by atoms with Crippen LogP contribution in [0.15, 0.2) is 0 Å². The molecule has 13 heavy (non-hydrogen) atoms. The van der Waals surface area contributed by atoms with Crippen LogP contribution in [0.3, 0.4) is 0 Å². The van der Waals surface area contributed by atoms with Gasteiger partial charge in [-0.2, -0.15) is 13.2 Å². The first kappa shape index (κ1) is 8.84. The maximum Gasteiger partial charge on any atom is 0.471 e. The lowest BCUT2D eigenvalue weighted by molar-refractivity contribution is -0.192. The summed E-state index contributed by atoms with van der Waals surface area (Å²) >= 11 is 0. The maximum absolute atomic E-state index is 11.9. The van der Waals surface area contributed by atoms with Crippen LogP contribution in [0.25, 0.3) is 0 Å². The van der Waals surface area contributed by atoms with Crippen LogP contribution in [-0.2, 0) is 4.79 Å². The average molecular weight is 193 g/mol. The summed E-state index contributed by atoms with van der Waals surface area (Å²) in [5.74, 6) is -0.743. The summed E-state index contributed by atoms with van der Waals surface area (Å²) in [5, 5.41) is 0. The first-order valence-corrected chi connectivity index (χ1v) is 4.34. The topological polar surface area (TPSA) is 20.3 Å². The van der Waals surface area contributed by atoms with Crippen molar-refractivity contribution in [2.24, 2.45) is 11.8 Å². The van der Waals surface area contributed by atoms with Gasteiger partial charge in [0.05, 0.1) is 0 Å². The number of carbonyl (C=O) groups is 1. The van der Waals surface area contributed by atoms with Crippen molar-refractivity contribution in [3.05, 3.63) is 0 Å². The Morgan fingerprint density at radius 3 is 2.08 bits per heavy atom. The zero-order valence-electron chi connectivity index (χ0n) is 6.97. The van der Waals surface area contributed by atoms with Crippen LogP contribution in [0, 0.1) is 11.8 Å². The maximum atomic E-state index is 11.9. The molecule has 1 heterocycles. The molecule has 2 aliphatic rings. The fourth-order valence-corrected chi connectivity index (χ4v) is 1.72. The van der Waals surface area contributed by atoms with Crippen LogP contribution in [0.2, 0.25) is 0 Å². The van der Waals surface area contributed by atoms with E-state index in [0.717, 1.165) is 17.7 Å². The molecule has 2 rings (SSSR count). The molecule has 0 bridgehead atoms. The number of hydrogen-bond acceptors (Lipinski definition) is 1.